The molecule has 1 fully saturated rings. The number of fused-ring (bicyclic) bond motifs is 3. The minimum absolute atomic E-state index is 0.0237. The summed E-state index contributed by atoms with van der Waals surface area (Å²) in [4.78, 5) is 66.3. The van der Waals surface area contributed by atoms with Gasteiger partial charge in [0.25, 0.3) is 0 Å². The van der Waals surface area contributed by atoms with Crippen LogP contribution in [0.15, 0.2) is 104 Å². The number of imidazole rings is 1. The molecule has 1 heterocycles. The van der Waals surface area contributed by atoms with Crippen molar-refractivity contribution < 1.29 is 34.1 Å². The predicted octanol–water partition coefficient (Wildman–Crippen LogP) is 7.76. The number of benzene rings is 3. The summed E-state index contributed by atoms with van der Waals surface area (Å²) in [6.45, 7) is 13.3. The van der Waals surface area contributed by atoms with Gasteiger partial charge in [-0.1, -0.05) is 131 Å². The van der Waals surface area contributed by atoms with Crippen LogP contribution in [0.2, 0.25) is 0 Å². The lowest BCUT2D eigenvalue weighted by molar-refractivity contribution is -0.136. The summed E-state index contributed by atoms with van der Waals surface area (Å²) in [5.41, 5.74) is 3.71. The molecule has 13 heteroatoms. The fraction of sp³-hybridized carbons (Fsp3) is 0.481. The SMILES string of the molecule is C=C[C@@H](C[C@H](O)[C@H](CC1CCCCC1)NC(=O)[C@H](Cc1c[nH]cn1)NC(=O)[C@H](Cc1ccccc1)NC(=O)[C@H](COC(C)(C)C)N(C(=O)O)C1c2ccccc2-c2ccccc21)C(C)C. The number of ether oxygens (including phenoxy) is 1. The van der Waals surface area contributed by atoms with Crippen molar-refractivity contribution >= 4 is 23.8 Å². The molecule has 348 valence electrons. The van der Waals surface area contributed by atoms with Gasteiger partial charge in [-0.3, -0.25) is 19.3 Å². The highest BCUT2D eigenvalue weighted by Crippen LogP contribution is 2.47. The van der Waals surface area contributed by atoms with Gasteiger partial charge in [0.2, 0.25) is 17.7 Å². The number of aliphatic hydroxyl groups excluding tert-OH is 1. The number of nitrogens with one attached hydrogen (secondary N) is 4. The standard InChI is InChI=1S/C52H68N6O7/c1-7-36(33(2)3)28-46(59)42(26-34-18-10-8-11-19-34)55-49(61)44(29-37-30-53-32-54-37)56-48(60)43(27-35-20-12-9-13-21-35)57-50(62)45(31-65-52(4,5)6)58(51(63)64)47-40-24-16-14-22-38(40)39-23-15-17-25-41(39)47/h7,9,12-17,20-25,30,32-34,36,42-47,59H,1,8,10-11,18-19,26-29,31H2,2-6H3,(H,53,54)(H,55,61)(H,56,60)(H,57,62)(H,63,64)/t36-,42-,43-,44-,45-,46-/m0/s1. The second-order valence-corrected chi connectivity index (χ2v) is 19.1. The van der Waals surface area contributed by atoms with E-state index in [-0.39, 0.29) is 31.3 Å². The van der Waals surface area contributed by atoms with Crippen LogP contribution in [0.25, 0.3) is 11.1 Å². The molecule has 6 atom stereocenters. The zero-order valence-corrected chi connectivity index (χ0v) is 38.5. The van der Waals surface area contributed by atoms with Crippen molar-refractivity contribution in [1.82, 2.24) is 30.8 Å². The van der Waals surface area contributed by atoms with Crippen molar-refractivity contribution in [3.05, 3.63) is 126 Å². The molecule has 0 radical (unpaired) electrons. The lowest BCUT2D eigenvalue weighted by Gasteiger charge is -2.36. The molecule has 0 unspecified atom stereocenters. The molecule has 6 N–H and O–H groups in total. The van der Waals surface area contributed by atoms with Gasteiger partial charge in [0.15, 0.2) is 0 Å². The summed E-state index contributed by atoms with van der Waals surface area (Å²) in [5, 5.41) is 31.8. The molecule has 0 bridgehead atoms. The molecule has 0 saturated heterocycles. The molecule has 4 aromatic rings. The number of hydrogen-bond donors (Lipinski definition) is 6. The lowest BCUT2D eigenvalue weighted by atomic mass is 9.81. The maximum atomic E-state index is 14.9. The van der Waals surface area contributed by atoms with Crippen molar-refractivity contribution in [3.8, 4) is 11.1 Å². The maximum absolute atomic E-state index is 14.9. The van der Waals surface area contributed by atoms with Crippen LogP contribution in [0.3, 0.4) is 0 Å². The predicted molar refractivity (Wildman–Crippen MR) is 252 cm³/mol. The Morgan fingerprint density at radius 2 is 1.43 bits per heavy atom. The van der Waals surface area contributed by atoms with Crippen LogP contribution in [0.1, 0.15) is 108 Å². The number of aromatic nitrogens is 2. The maximum Gasteiger partial charge on any atom is 0.408 e. The monoisotopic (exact) mass is 889 g/mol. The Morgan fingerprint density at radius 3 is 2.00 bits per heavy atom. The van der Waals surface area contributed by atoms with Crippen molar-refractivity contribution in [1.29, 1.82) is 0 Å². The van der Waals surface area contributed by atoms with Crippen molar-refractivity contribution in [2.24, 2.45) is 17.8 Å². The summed E-state index contributed by atoms with van der Waals surface area (Å²) in [6, 6.07) is 19.0. The van der Waals surface area contributed by atoms with Gasteiger partial charge < -0.3 is 35.9 Å². The number of amides is 4. The molecule has 4 amide bonds. The summed E-state index contributed by atoms with van der Waals surface area (Å²) in [7, 11) is 0. The van der Waals surface area contributed by atoms with Gasteiger partial charge in [-0.25, -0.2) is 9.78 Å². The van der Waals surface area contributed by atoms with Gasteiger partial charge >= 0.3 is 6.09 Å². The smallest absolute Gasteiger partial charge is 0.408 e. The minimum atomic E-state index is -1.41. The van der Waals surface area contributed by atoms with Gasteiger partial charge in [0.05, 0.1) is 42.4 Å². The second kappa shape index (κ2) is 22.4. The number of allylic oxidation sites excluding steroid dienone is 1. The molecule has 0 spiro atoms. The zero-order chi connectivity index (χ0) is 46.7. The van der Waals surface area contributed by atoms with Crippen LogP contribution in [0.4, 0.5) is 4.79 Å². The topological polar surface area (TPSA) is 186 Å². The molecule has 2 aliphatic rings. The first-order valence-electron chi connectivity index (χ1n) is 23.2. The Hall–Kier alpha value is -5.79. The molecule has 0 aliphatic heterocycles. The molecular formula is C52H68N6O7. The van der Waals surface area contributed by atoms with E-state index in [0.29, 0.717) is 24.5 Å². The van der Waals surface area contributed by atoms with Crippen LogP contribution in [-0.4, -0.2) is 91.4 Å². The van der Waals surface area contributed by atoms with Gasteiger partial charge in [0, 0.05) is 19.0 Å². The summed E-state index contributed by atoms with van der Waals surface area (Å²) in [5.74, 6) is -1.27. The van der Waals surface area contributed by atoms with Gasteiger partial charge in [-0.05, 0) is 79.2 Å². The largest absolute Gasteiger partial charge is 0.465 e. The number of nitrogens with zero attached hydrogens (tertiary/aromatic N) is 2. The first kappa shape index (κ1) is 48.7. The first-order valence-corrected chi connectivity index (χ1v) is 23.2. The van der Waals surface area contributed by atoms with E-state index in [0.717, 1.165) is 58.4 Å². The number of H-pyrrole nitrogens is 1. The molecule has 3 aromatic carbocycles. The first-order chi connectivity index (χ1) is 31.1. The summed E-state index contributed by atoms with van der Waals surface area (Å²) in [6.07, 6.45) is 9.29. The molecule has 1 aromatic heterocycles. The van der Waals surface area contributed by atoms with Crippen molar-refractivity contribution in [2.45, 2.75) is 134 Å². The number of carbonyl (C=O) groups excluding carboxylic acids is 3. The number of aromatic amines is 1. The van der Waals surface area contributed by atoms with Crippen molar-refractivity contribution in [3.63, 3.8) is 0 Å². The van der Waals surface area contributed by atoms with E-state index in [1.54, 1.807) is 6.20 Å². The number of aliphatic hydroxyl groups is 1. The van der Waals surface area contributed by atoms with E-state index in [9.17, 15) is 29.4 Å². The quantitative estimate of drug-likeness (QED) is 0.0459. The van der Waals surface area contributed by atoms with E-state index < -0.39 is 65.7 Å². The fourth-order valence-corrected chi connectivity index (χ4v) is 9.35. The third kappa shape index (κ3) is 12.9. The average Bonchev–Trinajstić information content (AvgIpc) is 3.92. The third-order valence-corrected chi connectivity index (χ3v) is 12.9. The molecule has 1 saturated carbocycles. The number of carboxylic acid groups (broad SMARTS) is 1. The molecule has 13 nitrogen and oxygen atoms in total. The number of hydrogen-bond acceptors (Lipinski definition) is 7. The highest BCUT2D eigenvalue weighted by atomic mass is 16.5. The molecule has 6 rings (SSSR count). The second-order valence-electron chi connectivity index (χ2n) is 19.1. The Morgan fingerprint density at radius 1 is 0.846 bits per heavy atom. The van der Waals surface area contributed by atoms with Gasteiger partial charge in [-0.15, -0.1) is 6.58 Å². The van der Waals surface area contributed by atoms with Gasteiger partial charge in [-0.2, -0.15) is 0 Å². The molecule has 2 aliphatic carbocycles. The highest BCUT2D eigenvalue weighted by Gasteiger charge is 2.43. The third-order valence-electron chi connectivity index (χ3n) is 12.9. The average molecular weight is 889 g/mol. The molecular weight excluding hydrogens is 821 g/mol. The lowest BCUT2D eigenvalue weighted by Crippen LogP contribution is -2.60. The van der Waals surface area contributed by atoms with E-state index in [1.165, 1.54) is 12.7 Å². The number of rotatable bonds is 21. The fourth-order valence-electron chi connectivity index (χ4n) is 9.35. The van der Waals surface area contributed by atoms with E-state index >= 15 is 0 Å². The van der Waals surface area contributed by atoms with Crippen LogP contribution >= 0.6 is 0 Å². The normalized spacial score (nSPS) is 16.8. The highest BCUT2D eigenvalue weighted by molar-refractivity contribution is 5.94. The Balaban J connectivity index is 1.32. The van der Waals surface area contributed by atoms with Crippen LogP contribution < -0.4 is 16.0 Å². The Labute approximate surface area is 383 Å². The Bertz CT molecular complexity index is 2150. The van der Waals surface area contributed by atoms with Crippen LogP contribution in [-0.2, 0) is 32.0 Å². The zero-order valence-electron chi connectivity index (χ0n) is 38.5. The van der Waals surface area contributed by atoms with Crippen LogP contribution in [0.5, 0.6) is 0 Å². The van der Waals surface area contributed by atoms with E-state index in [1.807, 2.05) is 106 Å². The van der Waals surface area contributed by atoms with Crippen LogP contribution in [0, 0.1) is 17.8 Å². The number of carbonyl (C=O) groups is 4. The van der Waals surface area contributed by atoms with E-state index in [4.69, 9.17) is 4.74 Å². The van der Waals surface area contributed by atoms with Gasteiger partial charge in [0.1, 0.15) is 18.1 Å². The van der Waals surface area contributed by atoms with E-state index in [2.05, 4.69) is 46.3 Å². The summed E-state index contributed by atoms with van der Waals surface area (Å²) >= 11 is 0. The minimum Gasteiger partial charge on any atom is -0.465 e. The van der Waals surface area contributed by atoms with Crippen molar-refractivity contribution in [2.75, 3.05) is 6.61 Å². The molecule has 65 heavy (non-hydrogen) atoms. The Kier molecular flexibility index (Phi) is 16.8. The summed E-state index contributed by atoms with van der Waals surface area (Å²) < 4.78 is 6.19.